The summed E-state index contributed by atoms with van der Waals surface area (Å²) in [6.45, 7) is 0. The molecule has 90 valence electrons. The highest BCUT2D eigenvalue weighted by Crippen LogP contribution is 2.32. The van der Waals surface area contributed by atoms with Crippen LogP contribution in [0.5, 0.6) is 5.75 Å². The molecule has 0 aliphatic rings. The van der Waals surface area contributed by atoms with Crippen LogP contribution in [0.3, 0.4) is 0 Å². The number of nitrogens with two attached hydrogens (primary N) is 1. The fourth-order valence-electron chi connectivity index (χ4n) is 1.33. The van der Waals surface area contributed by atoms with Crippen LogP contribution in [0, 0.1) is 0 Å². The monoisotopic (exact) mass is 251 g/mol. The molecule has 1 heterocycles. The summed E-state index contributed by atoms with van der Waals surface area (Å²) >= 11 is 1.59. The minimum atomic E-state index is 0.647. The van der Waals surface area contributed by atoms with Crippen LogP contribution in [0.2, 0.25) is 0 Å². The highest BCUT2D eigenvalue weighted by Gasteiger charge is 2.07. The molecular weight excluding hydrogens is 238 g/mol. The van der Waals surface area contributed by atoms with Gasteiger partial charge < -0.3 is 10.5 Å². The molecule has 0 radical (unpaired) electrons. The molecule has 0 unspecified atom stereocenters. The number of methoxy groups -OCH3 is 1. The lowest BCUT2D eigenvalue weighted by Gasteiger charge is -2.07. The van der Waals surface area contributed by atoms with Crippen molar-refractivity contribution in [2.75, 3.05) is 12.8 Å². The second-order valence-corrected chi connectivity index (χ2v) is 4.41. The van der Waals surface area contributed by atoms with Gasteiger partial charge in [-0.1, -0.05) is 0 Å². The Balaban J connectivity index is 2.08. The van der Waals surface area contributed by atoms with Gasteiger partial charge in [0.15, 0.2) is 5.82 Å². The lowest BCUT2D eigenvalue weighted by atomic mass is 10.3. The third-order valence-corrected chi connectivity index (χ3v) is 3.15. The molecule has 0 aliphatic heterocycles. The largest absolute Gasteiger partial charge is 0.496 e. The second kappa shape index (κ2) is 5.05. The molecule has 7 heteroatoms. The third kappa shape index (κ3) is 2.88. The van der Waals surface area contributed by atoms with Crippen LogP contribution in [0.25, 0.3) is 0 Å². The van der Waals surface area contributed by atoms with Gasteiger partial charge in [0.05, 0.1) is 19.9 Å². The topological polar surface area (TPSA) is 78.9 Å². The van der Waals surface area contributed by atoms with Crippen LogP contribution in [-0.2, 0) is 12.8 Å². The summed E-state index contributed by atoms with van der Waals surface area (Å²) in [7, 11) is 3.37. The van der Waals surface area contributed by atoms with E-state index in [1.807, 2.05) is 12.1 Å². The Hall–Kier alpha value is -1.76. The van der Waals surface area contributed by atoms with Gasteiger partial charge in [-0.3, -0.25) is 0 Å². The van der Waals surface area contributed by atoms with Crippen molar-refractivity contribution in [2.45, 2.75) is 10.6 Å². The van der Waals surface area contributed by atoms with Crippen molar-refractivity contribution < 1.29 is 4.74 Å². The summed E-state index contributed by atoms with van der Waals surface area (Å²) in [6.07, 6.45) is 0. The van der Waals surface area contributed by atoms with Crippen molar-refractivity contribution in [2.24, 2.45) is 7.05 Å². The third-order valence-electron chi connectivity index (χ3n) is 2.09. The number of hydrogen-bond acceptors (Lipinski definition) is 6. The van der Waals surface area contributed by atoms with Gasteiger partial charge in [-0.2, -0.15) is 4.80 Å². The van der Waals surface area contributed by atoms with Crippen molar-refractivity contribution in [1.29, 1.82) is 0 Å². The summed E-state index contributed by atoms with van der Waals surface area (Å²) < 4.78 is 5.26. The summed E-state index contributed by atoms with van der Waals surface area (Å²) in [6, 6.07) is 5.57. The van der Waals surface area contributed by atoms with Crippen LogP contribution >= 0.6 is 11.8 Å². The normalized spacial score (nSPS) is 10.5. The summed E-state index contributed by atoms with van der Waals surface area (Å²) in [4.78, 5) is 2.45. The predicted octanol–water partition coefficient (Wildman–Crippen LogP) is 1.09. The van der Waals surface area contributed by atoms with E-state index in [9.17, 15) is 0 Å². The first-order valence-electron chi connectivity index (χ1n) is 4.98. The summed E-state index contributed by atoms with van der Waals surface area (Å²) in [5, 5.41) is 11.8. The average Bonchev–Trinajstić information content (AvgIpc) is 2.73. The molecule has 0 atom stereocenters. The molecule has 2 rings (SSSR count). The van der Waals surface area contributed by atoms with Crippen molar-refractivity contribution in [3.05, 3.63) is 24.0 Å². The highest BCUT2D eigenvalue weighted by atomic mass is 32.2. The van der Waals surface area contributed by atoms with Gasteiger partial charge in [0.1, 0.15) is 5.75 Å². The number of rotatable bonds is 4. The number of nitrogens with zero attached hydrogens (tertiary/aromatic N) is 4. The Labute approximate surface area is 103 Å². The molecule has 0 amide bonds. The first kappa shape index (κ1) is 11.7. The molecule has 1 aromatic carbocycles. The first-order valence-corrected chi connectivity index (χ1v) is 5.97. The van der Waals surface area contributed by atoms with Crippen molar-refractivity contribution >= 4 is 17.4 Å². The zero-order chi connectivity index (χ0) is 12.3. The van der Waals surface area contributed by atoms with E-state index in [0.717, 1.165) is 10.6 Å². The molecule has 0 spiro atoms. The van der Waals surface area contributed by atoms with Gasteiger partial charge >= 0.3 is 0 Å². The minimum absolute atomic E-state index is 0.647. The fraction of sp³-hybridized carbons (Fsp3) is 0.300. The fourth-order valence-corrected chi connectivity index (χ4v) is 2.18. The number of benzene rings is 1. The Morgan fingerprint density at radius 1 is 1.47 bits per heavy atom. The number of nitrogen functional groups attached to an aromatic ring is 1. The van der Waals surface area contributed by atoms with Crippen molar-refractivity contribution in [3.63, 3.8) is 0 Å². The number of thioether (sulfide) groups is 1. The molecule has 0 saturated heterocycles. The van der Waals surface area contributed by atoms with E-state index in [1.165, 1.54) is 4.80 Å². The lowest BCUT2D eigenvalue weighted by molar-refractivity contribution is 0.405. The lowest BCUT2D eigenvalue weighted by Crippen LogP contribution is -1.93. The second-order valence-electron chi connectivity index (χ2n) is 3.39. The van der Waals surface area contributed by atoms with Gasteiger partial charge in [0.2, 0.25) is 0 Å². The van der Waals surface area contributed by atoms with Gasteiger partial charge in [-0.15, -0.1) is 22.0 Å². The molecule has 1 aromatic heterocycles. The number of aromatic nitrogens is 4. The Kier molecular flexibility index (Phi) is 3.48. The molecule has 0 saturated carbocycles. The number of aryl methyl sites for hydroxylation is 1. The van der Waals surface area contributed by atoms with Crippen LogP contribution < -0.4 is 10.5 Å². The highest BCUT2D eigenvalue weighted by molar-refractivity contribution is 7.98. The van der Waals surface area contributed by atoms with E-state index >= 15 is 0 Å². The first-order chi connectivity index (χ1) is 8.19. The number of tetrazole rings is 1. The van der Waals surface area contributed by atoms with E-state index in [2.05, 4.69) is 15.4 Å². The van der Waals surface area contributed by atoms with Crippen molar-refractivity contribution in [1.82, 2.24) is 20.2 Å². The molecule has 6 nitrogen and oxygen atoms in total. The maximum atomic E-state index is 5.69. The van der Waals surface area contributed by atoms with E-state index in [4.69, 9.17) is 10.5 Å². The van der Waals surface area contributed by atoms with Gasteiger partial charge in [-0.05, 0) is 17.3 Å². The van der Waals surface area contributed by atoms with E-state index in [-0.39, 0.29) is 0 Å². The smallest absolute Gasteiger partial charge is 0.185 e. The molecular formula is C10H13N5OS. The van der Waals surface area contributed by atoms with Gasteiger partial charge in [0.25, 0.3) is 0 Å². The molecule has 0 aliphatic carbocycles. The van der Waals surface area contributed by atoms with Crippen LogP contribution in [0.15, 0.2) is 23.1 Å². The maximum absolute atomic E-state index is 5.69. The minimum Gasteiger partial charge on any atom is -0.496 e. The summed E-state index contributed by atoms with van der Waals surface area (Å²) in [5.41, 5.74) is 6.37. The number of ether oxygens (including phenoxy) is 1. The Morgan fingerprint density at radius 3 is 2.94 bits per heavy atom. The Bertz CT molecular complexity index is 513. The number of hydrogen-bond donors (Lipinski definition) is 1. The summed E-state index contributed by atoms with van der Waals surface area (Å²) in [5.74, 6) is 2.10. The quantitative estimate of drug-likeness (QED) is 0.647. The molecule has 2 aromatic rings. The van der Waals surface area contributed by atoms with Crippen LogP contribution in [0.1, 0.15) is 5.82 Å². The molecule has 2 N–H and O–H groups in total. The molecule has 0 bridgehead atoms. The predicted molar refractivity (Wildman–Crippen MR) is 65.8 cm³/mol. The van der Waals surface area contributed by atoms with Crippen LogP contribution in [-0.4, -0.2) is 27.3 Å². The van der Waals surface area contributed by atoms with E-state index in [0.29, 0.717) is 17.3 Å². The average molecular weight is 251 g/mol. The zero-order valence-corrected chi connectivity index (χ0v) is 10.4. The van der Waals surface area contributed by atoms with Crippen molar-refractivity contribution in [3.8, 4) is 5.75 Å². The standard InChI is InChI=1S/C10H13N5OS/c1-15-13-10(12-14-15)6-17-9-4-3-7(11)5-8(9)16-2/h3-5H,6,11H2,1-2H3. The maximum Gasteiger partial charge on any atom is 0.185 e. The van der Waals surface area contributed by atoms with Crippen LogP contribution in [0.4, 0.5) is 5.69 Å². The Morgan fingerprint density at radius 2 is 2.29 bits per heavy atom. The van der Waals surface area contributed by atoms with Gasteiger partial charge in [0, 0.05) is 16.6 Å². The van der Waals surface area contributed by atoms with E-state index in [1.54, 1.807) is 32.0 Å². The zero-order valence-electron chi connectivity index (χ0n) is 9.62. The SMILES string of the molecule is COc1cc(N)ccc1SCc1nnn(C)n1. The van der Waals surface area contributed by atoms with E-state index < -0.39 is 0 Å². The molecule has 17 heavy (non-hydrogen) atoms. The number of anilines is 1. The van der Waals surface area contributed by atoms with Gasteiger partial charge in [-0.25, -0.2) is 0 Å². The molecule has 0 fully saturated rings.